The molecular formula is C8H8BrClN6. The zero-order chi connectivity index (χ0) is 11.5. The molecule has 0 saturated heterocycles. The van der Waals surface area contributed by atoms with Gasteiger partial charge in [0.1, 0.15) is 23.6 Å². The Morgan fingerprint density at radius 1 is 1.50 bits per heavy atom. The van der Waals surface area contributed by atoms with Crippen molar-refractivity contribution in [3.05, 3.63) is 28.1 Å². The third kappa shape index (κ3) is 2.30. The molecular weight excluding hydrogens is 295 g/mol. The quantitative estimate of drug-likeness (QED) is 0.873. The van der Waals surface area contributed by atoms with Gasteiger partial charge in [0.15, 0.2) is 5.82 Å². The summed E-state index contributed by atoms with van der Waals surface area (Å²) in [7, 11) is 1.87. The second-order valence-corrected chi connectivity index (χ2v) is 4.19. The largest absolute Gasteiger partial charge is 0.362 e. The molecule has 0 atom stereocenters. The van der Waals surface area contributed by atoms with Crippen LogP contribution in [0.1, 0.15) is 5.82 Å². The molecule has 0 unspecified atom stereocenters. The number of anilines is 1. The first-order chi connectivity index (χ1) is 7.68. The number of hydrogen-bond donors (Lipinski definition) is 1. The van der Waals surface area contributed by atoms with E-state index in [9.17, 15) is 0 Å². The Hall–Kier alpha value is -1.21. The highest BCUT2D eigenvalue weighted by atomic mass is 79.9. The SMILES string of the molecule is Cn1cnnc1CNc1ncnc(Cl)c1Br. The molecule has 1 N–H and O–H groups in total. The van der Waals surface area contributed by atoms with Crippen LogP contribution in [-0.2, 0) is 13.6 Å². The van der Waals surface area contributed by atoms with Gasteiger partial charge in [0.25, 0.3) is 0 Å². The number of halogens is 2. The summed E-state index contributed by atoms with van der Waals surface area (Å²) in [6.45, 7) is 0.516. The van der Waals surface area contributed by atoms with Gasteiger partial charge in [-0.1, -0.05) is 11.6 Å². The van der Waals surface area contributed by atoms with E-state index >= 15 is 0 Å². The van der Waals surface area contributed by atoms with Crippen LogP contribution in [0, 0.1) is 0 Å². The van der Waals surface area contributed by atoms with Crippen molar-refractivity contribution in [1.29, 1.82) is 0 Å². The Balaban J connectivity index is 2.11. The maximum Gasteiger partial charge on any atom is 0.151 e. The Morgan fingerprint density at radius 3 is 3.00 bits per heavy atom. The summed E-state index contributed by atoms with van der Waals surface area (Å²) in [6.07, 6.45) is 3.03. The van der Waals surface area contributed by atoms with Crippen LogP contribution in [-0.4, -0.2) is 24.7 Å². The van der Waals surface area contributed by atoms with E-state index in [4.69, 9.17) is 11.6 Å². The molecule has 0 spiro atoms. The molecule has 2 heterocycles. The fourth-order valence-corrected chi connectivity index (χ4v) is 1.58. The molecule has 0 amide bonds. The van der Waals surface area contributed by atoms with Crippen LogP contribution >= 0.6 is 27.5 Å². The summed E-state index contributed by atoms with van der Waals surface area (Å²) in [4.78, 5) is 7.89. The first-order valence-electron chi connectivity index (χ1n) is 4.41. The lowest BCUT2D eigenvalue weighted by Crippen LogP contribution is -2.07. The first-order valence-corrected chi connectivity index (χ1v) is 5.58. The van der Waals surface area contributed by atoms with Crippen LogP contribution < -0.4 is 5.32 Å². The van der Waals surface area contributed by atoms with Gasteiger partial charge < -0.3 is 9.88 Å². The second-order valence-electron chi connectivity index (χ2n) is 3.04. The normalized spacial score (nSPS) is 10.4. The molecule has 6 nitrogen and oxygen atoms in total. The summed E-state index contributed by atoms with van der Waals surface area (Å²) in [6, 6.07) is 0. The average molecular weight is 304 g/mol. The number of aryl methyl sites for hydroxylation is 1. The molecule has 2 aromatic heterocycles. The van der Waals surface area contributed by atoms with Gasteiger partial charge in [-0.25, -0.2) is 9.97 Å². The van der Waals surface area contributed by atoms with E-state index in [-0.39, 0.29) is 0 Å². The van der Waals surface area contributed by atoms with E-state index in [0.29, 0.717) is 22.0 Å². The van der Waals surface area contributed by atoms with Crippen LogP contribution in [0.25, 0.3) is 0 Å². The standard InChI is InChI=1S/C8H8BrClN6/c1-16-4-14-15-5(16)2-11-8-6(9)7(10)12-3-13-8/h3-4H,2H2,1H3,(H,11,12,13). The van der Waals surface area contributed by atoms with Crippen molar-refractivity contribution >= 4 is 33.3 Å². The zero-order valence-corrected chi connectivity index (χ0v) is 10.7. The highest BCUT2D eigenvalue weighted by Gasteiger charge is 2.07. The van der Waals surface area contributed by atoms with Crippen LogP contribution in [0.5, 0.6) is 0 Å². The van der Waals surface area contributed by atoms with Gasteiger partial charge in [-0.05, 0) is 15.9 Å². The first kappa shape index (κ1) is 11.3. The minimum Gasteiger partial charge on any atom is -0.362 e. The smallest absolute Gasteiger partial charge is 0.151 e. The minimum absolute atomic E-state index is 0.371. The van der Waals surface area contributed by atoms with Crippen molar-refractivity contribution in [2.45, 2.75) is 6.54 Å². The van der Waals surface area contributed by atoms with Gasteiger partial charge in [0.05, 0.1) is 11.0 Å². The number of nitrogens with one attached hydrogen (secondary N) is 1. The van der Waals surface area contributed by atoms with Crippen molar-refractivity contribution in [3.63, 3.8) is 0 Å². The van der Waals surface area contributed by atoms with E-state index < -0.39 is 0 Å². The number of hydrogen-bond acceptors (Lipinski definition) is 5. The van der Waals surface area contributed by atoms with Crippen molar-refractivity contribution in [2.75, 3.05) is 5.32 Å². The maximum absolute atomic E-state index is 5.83. The van der Waals surface area contributed by atoms with E-state index in [1.165, 1.54) is 6.33 Å². The van der Waals surface area contributed by atoms with Gasteiger partial charge in [-0.2, -0.15) is 0 Å². The lowest BCUT2D eigenvalue weighted by Gasteiger charge is -2.06. The Morgan fingerprint density at radius 2 is 2.31 bits per heavy atom. The predicted molar refractivity (Wildman–Crippen MR) is 63.1 cm³/mol. The molecule has 0 fully saturated rings. The maximum atomic E-state index is 5.83. The molecule has 0 aliphatic heterocycles. The fraction of sp³-hybridized carbons (Fsp3) is 0.250. The van der Waals surface area contributed by atoms with Gasteiger partial charge in [0.2, 0.25) is 0 Å². The highest BCUT2D eigenvalue weighted by molar-refractivity contribution is 9.10. The van der Waals surface area contributed by atoms with Crippen molar-refractivity contribution in [2.24, 2.45) is 7.05 Å². The van der Waals surface area contributed by atoms with Crippen LogP contribution in [0.2, 0.25) is 5.15 Å². The van der Waals surface area contributed by atoms with Crippen molar-refractivity contribution in [1.82, 2.24) is 24.7 Å². The van der Waals surface area contributed by atoms with Gasteiger partial charge in [-0.15, -0.1) is 10.2 Å². The number of aromatic nitrogens is 5. The molecule has 2 aromatic rings. The molecule has 0 bridgehead atoms. The molecule has 0 radical (unpaired) electrons. The Kier molecular flexibility index (Phi) is 3.35. The van der Waals surface area contributed by atoms with E-state index in [0.717, 1.165) is 5.82 Å². The molecule has 0 saturated carbocycles. The highest BCUT2D eigenvalue weighted by Crippen LogP contribution is 2.26. The summed E-state index contributed by atoms with van der Waals surface area (Å²) in [5.41, 5.74) is 0. The Labute approximate surface area is 105 Å². The predicted octanol–water partition coefficient (Wildman–Crippen LogP) is 1.63. The van der Waals surface area contributed by atoms with Gasteiger partial charge in [-0.3, -0.25) is 0 Å². The van der Waals surface area contributed by atoms with Crippen LogP contribution in [0.15, 0.2) is 17.1 Å². The average Bonchev–Trinajstić information content (AvgIpc) is 2.67. The van der Waals surface area contributed by atoms with Crippen LogP contribution in [0.3, 0.4) is 0 Å². The van der Waals surface area contributed by atoms with Crippen molar-refractivity contribution in [3.8, 4) is 0 Å². The zero-order valence-electron chi connectivity index (χ0n) is 8.35. The molecule has 2 rings (SSSR count). The van der Waals surface area contributed by atoms with E-state index in [1.807, 2.05) is 11.6 Å². The van der Waals surface area contributed by atoms with E-state index in [2.05, 4.69) is 41.4 Å². The van der Waals surface area contributed by atoms with Gasteiger partial charge >= 0.3 is 0 Å². The lowest BCUT2D eigenvalue weighted by molar-refractivity contribution is 0.809. The molecule has 0 aliphatic carbocycles. The van der Waals surface area contributed by atoms with Crippen LogP contribution in [0.4, 0.5) is 5.82 Å². The summed E-state index contributed by atoms with van der Waals surface area (Å²) in [5.74, 6) is 1.43. The second kappa shape index (κ2) is 4.75. The summed E-state index contributed by atoms with van der Waals surface area (Å²) in [5, 5.41) is 11.2. The molecule has 0 aromatic carbocycles. The monoisotopic (exact) mass is 302 g/mol. The third-order valence-electron chi connectivity index (χ3n) is 1.97. The molecule has 8 heteroatoms. The lowest BCUT2D eigenvalue weighted by atomic mass is 10.5. The topological polar surface area (TPSA) is 68.5 Å². The van der Waals surface area contributed by atoms with Crippen molar-refractivity contribution < 1.29 is 0 Å². The summed E-state index contributed by atoms with van der Waals surface area (Å²) < 4.78 is 2.46. The number of nitrogens with zero attached hydrogens (tertiary/aromatic N) is 5. The molecule has 16 heavy (non-hydrogen) atoms. The Bertz CT molecular complexity index is 499. The fourth-order valence-electron chi connectivity index (χ4n) is 1.10. The molecule has 84 valence electrons. The van der Waals surface area contributed by atoms with Gasteiger partial charge in [0, 0.05) is 7.05 Å². The third-order valence-corrected chi connectivity index (χ3v) is 3.23. The molecule has 0 aliphatic rings. The number of rotatable bonds is 3. The van der Waals surface area contributed by atoms with E-state index in [1.54, 1.807) is 6.33 Å². The minimum atomic E-state index is 0.371. The summed E-state index contributed by atoms with van der Waals surface area (Å²) >= 11 is 9.14.